The van der Waals surface area contributed by atoms with Gasteiger partial charge in [-0.2, -0.15) is 0 Å². The lowest BCUT2D eigenvalue weighted by Gasteiger charge is -2.16. The molecule has 1 N–H and O–H groups in total. The Kier molecular flexibility index (Phi) is 6.01. The Labute approximate surface area is 192 Å². The maximum Gasteiger partial charge on any atom is 0.278 e. The van der Waals surface area contributed by atoms with Gasteiger partial charge in [-0.25, -0.2) is 0 Å². The number of benzene rings is 3. The molecule has 0 bridgehead atoms. The van der Waals surface area contributed by atoms with E-state index in [1.165, 1.54) is 4.90 Å². The van der Waals surface area contributed by atoms with Crippen molar-refractivity contribution < 1.29 is 14.3 Å². The number of aryl methyl sites for hydroxylation is 2. The number of methoxy groups -OCH3 is 1. The van der Waals surface area contributed by atoms with Gasteiger partial charge in [-0.05, 0) is 66.4 Å². The minimum absolute atomic E-state index is 0.0967. The molecule has 3 aromatic carbocycles. The van der Waals surface area contributed by atoms with Crippen molar-refractivity contribution in [2.75, 3.05) is 12.4 Å². The van der Waals surface area contributed by atoms with Gasteiger partial charge in [-0.1, -0.05) is 48.0 Å². The van der Waals surface area contributed by atoms with Crippen LogP contribution < -0.4 is 10.1 Å². The van der Waals surface area contributed by atoms with E-state index in [2.05, 4.69) is 5.32 Å². The number of imide groups is 1. The van der Waals surface area contributed by atoms with E-state index in [9.17, 15) is 9.59 Å². The summed E-state index contributed by atoms with van der Waals surface area (Å²) in [6, 6.07) is 20.2. The SMILES string of the molecule is COc1ccc(NC2=C(c3ccc(C)c(C)c3)C(=O)N(Cc3ccccc3Cl)C2=O)cc1. The van der Waals surface area contributed by atoms with Crippen molar-refractivity contribution in [1.29, 1.82) is 0 Å². The Bertz CT molecular complexity index is 1230. The lowest BCUT2D eigenvalue weighted by atomic mass is 9.99. The van der Waals surface area contributed by atoms with E-state index in [1.54, 1.807) is 37.4 Å². The zero-order valence-corrected chi connectivity index (χ0v) is 18.9. The van der Waals surface area contributed by atoms with Crippen LogP contribution in [-0.4, -0.2) is 23.8 Å². The van der Waals surface area contributed by atoms with Gasteiger partial charge < -0.3 is 10.1 Å². The third-order valence-electron chi connectivity index (χ3n) is 5.61. The fraction of sp³-hybridized carbons (Fsp3) is 0.154. The van der Waals surface area contributed by atoms with Crippen LogP contribution in [0.5, 0.6) is 5.75 Å². The molecule has 1 heterocycles. The quantitative estimate of drug-likeness (QED) is 0.518. The van der Waals surface area contributed by atoms with Crippen LogP contribution in [-0.2, 0) is 16.1 Å². The van der Waals surface area contributed by atoms with E-state index < -0.39 is 0 Å². The molecule has 2 amide bonds. The molecule has 162 valence electrons. The highest BCUT2D eigenvalue weighted by atomic mass is 35.5. The molecular formula is C26H23ClN2O3. The number of hydrogen-bond donors (Lipinski definition) is 1. The van der Waals surface area contributed by atoms with Gasteiger partial charge >= 0.3 is 0 Å². The number of carbonyl (C=O) groups excluding carboxylic acids is 2. The highest BCUT2D eigenvalue weighted by molar-refractivity contribution is 6.36. The maximum atomic E-state index is 13.5. The van der Waals surface area contributed by atoms with Crippen molar-refractivity contribution in [3.05, 3.63) is 99.7 Å². The van der Waals surface area contributed by atoms with Crippen molar-refractivity contribution in [3.63, 3.8) is 0 Å². The summed E-state index contributed by atoms with van der Waals surface area (Å²) in [5, 5.41) is 3.68. The molecule has 6 heteroatoms. The molecule has 0 atom stereocenters. The molecule has 4 rings (SSSR count). The molecule has 0 saturated heterocycles. The van der Waals surface area contributed by atoms with Gasteiger partial charge in [-0.15, -0.1) is 0 Å². The van der Waals surface area contributed by atoms with Crippen molar-refractivity contribution in [3.8, 4) is 5.75 Å². The molecule has 5 nitrogen and oxygen atoms in total. The number of amides is 2. The number of hydrogen-bond acceptors (Lipinski definition) is 4. The van der Waals surface area contributed by atoms with Gasteiger partial charge in [0.05, 0.1) is 19.2 Å². The first-order valence-corrected chi connectivity index (χ1v) is 10.6. The van der Waals surface area contributed by atoms with E-state index in [4.69, 9.17) is 16.3 Å². The minimum atomic E-state index is -0.390. The normalized spacial score (nSPS) is 13.7. The molecule has 1 aliphatic rings. The molecule has 0 radical (unpaired) electrons. The fourth-order valence-electron chi connectivity index (χ4n) is 3.62. The number of nitrogens with one attached hydrogen (secondary N) is 1. The zero-order chi connectivity index (χ0) is 22.8. The van der Waals surface area contributed by atoms with Crippen LogP contribution in [0.3, 0.4) is 0 Å². The van der Waals surface area contributed by atoms with Crippen LogP contribution in [0.2, 0.25) is 5.02 Å². The molecule has 0 spiro atoms. The highest BCUT2D eigenvalue weighted by Crippen LogP contribution is 2.33. The summed E-state index contributed by atoms with van der Waals surface area (Å²) in [5.41, 5.74) is 4.84. The molecule has 0 unspecified atom stereocenters. The van der Waals surface area contributed by atoms with E-state index >= 15 is 0 Å². The third kappa shape index (κ3) is 4.12. The van der Waals surface area contributed by atoms with Crippen molar-refractivity contribution in [2.24, 2.45) is 0 Å². The van der Waals surface area contributed by atoms with Crippen LogP contribution in [0, 0.1) is 13.8 Å². The van der Waals surface area contributed by atoms with Gasteiger partial charge in [0.25, 0.3) is 11.8 Å². The van der Waals surface area contributed by atoms with Crippen molar-refractivity contribution >= 4 is 34.7 Å². The predicted octanol–water partition coefficient (Wildman–Crippen LogP) is 5.36. The standard InChI is InChI=1S/C26H23ClN2O3/c1-16-8-9-18(14-17(16)2)23-24(28-20-10-12-21(32-3)13-11-20)26(31)29(25(23)30)15-19-6-4-5-7-22(19)27/h4-14,28H,15H2,1-3H3. The molecule has 32 heavy (non-hydrogen) atoms. The van der Waals surface area contributed by atoms with Crippen LogP contribution in [0.15, 0.2) is 72.4 Å². The largest absolute Gasteiger partial charge is 0.497 e. The summed E-state index contributed by atoms with van der Waals surface area (Å²) in [7, 11) is 1.59. The average Bonchev–Trinajstić information content (AvgIpc) is 3.02. The highest BCUT2D eigenvalue weighted by Gasteiger charge is 2.39. The lowest BCUT2D eigenvalue weighted by Crippen LogP contribution is -2.32. The molecule has 0 aromatic heterocycles. The Morgan fingerprint density at radius 1 is 0.906 bits per heavy atom. The predicted molar refractivity (Wildman–Crippen MR) is 126 cm³/mol. The lowest BCUT2D eigenvalue weighted by molar-refractivity contribution is -0.137. The number of nitrogens with zero attached hydrogens (tertiary/aromatic N) is 1. The van der Waals surface area contributed by atoms with Gasteiger partial charge in [-0.3, -0.25) is 14.5 Å². The Morgan fingerprint density at radius 2 is 1.62 bits per heavy atom. The Balaban J connectivity index is 1.76. The monoisotopic (exact) mass is 446 g/mol. The van der Waals surface area contributed by atoms with Crippen LogP contribution in [0.1, 0.15) is 22.3 Å². The average molecular weight is 447 g/mol. The second kappa shape index (κ2) is 8.89. The summed E-state index contributed by atoms with van der Waals surface area (Å²) >= 11 is 6.29. The second-order valence-electron chi connectivity index (χ2n) is 7.69. The van der Waals surface area contributed by atoms with E-state index in [0.717, 1.165) is 11.1 Å². The summed E-state index contributed by atoms with van der Waals surface area (Å²) in [4.78, 5) is 28.1. The van der Waals surface area contributed by atoms with Gasteiger partial charge in [0.2, 0.25) is 0 Å². The molecule has 3 aromatic rings. The Morgan fingerprint density at radius 3 is 2.28 bits per heavy atom. The third-order valence-corrected chi connectivity index (χ3v) is 5.98. The molecule has 0 aliphatic carbocycles. The van der Waals surface area contributed by atoms with E-state index in [0.29, 0.717) is 33.2 Å². The molecule has 0 fully saturated rings. The zero-order valence-electron chi connectivity index (χ0n) is 18.1. The number of halogens is 1. The minimum Gasteiger partial charge on any atom is -0.497 e. The summed E-state index contributed by atoms with van der Waals surface area (Å²) in [5.74, 6) is -0.0405. The van der Waals surface area contributed by atoms with Gasteiger partial charge in [0.1, 0.15) is 11.4 Å². The van der Waals surface area contributed by atoms with Crippen LogP contribution in [0.4, 0.5) is 5.69 Å². The number of ether oxygens (including phenoxy) is 1. The fourth-order valence-corrected chi connectivity index (χ4v) is 3.81. The first-order valence-electron chi connectivity index (χ1n) is 10.2. The number of anilines is 1. The summed E-state index contributed by atoms with van der Waals surface area (Å²) in [6.45, 7) is 4.09. The molecule has 0 saturated carbocycles. The van der Waals surface area contributed by atoms with Crippen molar-refractivity contribution in [1.82, 2.24) is 4.90 Å². The summed E-state index contributed by atoms with van der Waals surface area (Å²) in [6.07, 6.45) is 0. The van der Waals surface area contributed by atoms with Crippen LogP contribution >= 0.6 is 11.6 Å². The van der Waals surface area contributed by atoms with Gasteiger partial charge in [0, 0.05) is 10.7 Å². The van der Waals surface area contributed by atoms with Crippen LogP contribution in [0.25, 0.3) is 5.57 Å². The topological polar surface area (TPSA) is 58.6 Å². The first kappa shape index (κ1) is 21.7. The summed E-state index contributed by atoms with van der Waals surface area (Å²) < 4.78 is 5.21. The second-order valence-corrected chi connectivity index (χ2v) is 8.10. The van der Waals surface area contributed by atoms with E-state index in [-0.39, 0.29) is 24.1 Å². The molecule has 1 aliphatic heterocycles. The van der Waals surface area contributed by atoms with Gasteiger partial charge in [0.15, 0.2) is 0 Å². The smallest absolute Gasteiger partial charge is 0.278 e. The number of rotatable bonds is 6. The number of carbonyl (C=O) groups is 2. The first-order chi connectivity index (χ1) is 15.4. The van der Waals surface area contributed by atoms with E-state index in [1.807, 2.05) is 50.2 Å². The Hall–Kier alpha value is -3.57. The maximum absolute atomic E-state index is 13.5. The molecular weight excluding hydrogens is 424 g/mol. The van der Waals surface area contributed by atoms with Crippen molar-refractivity contribution in [2.45, 2.75) is 20.4 Å².